The number of amides is 1. The molecule has 1 aromatic heterocycles. The van der Waals surface area contributed by atoms with Crippen molar-refractivity contribution in [1.82, 2.24) is 15.5 Å². The number of nitrogens with zero attached hydrogens (tertiary/aromatic N) is 2. The quantitative estimate of drug-likeness (QED) is 0.904. The van der Waals surface area contributed by atoms with Crippen LogP contribution in [-0.4, -0.2) is 27.6 Å². The summed E-state index contributed by atoms with van der Waals surface area (Å²) in [6.45, 7) is 1.93. The molecular weight excluding hydrogens is 274 g/mol. The molecule has 2 saturated carbocycles. The number of rotatable bonds is 5. The molecular formula is C14H21N3O2S. The van der Waals surface area contributed by atoms with Crippen molar-refractivity contribution in [3.05, 3.63) is 11.7 Å². The third-order valence-electron chi connectivity index (χ3n) is 4.34. The Morgan fingerprint density at radius 3 is 2.75 bits per heavy atom. The highest BCUT2D eigenvalue weighted by atomic mass is 32.2. The first-order valence-electron chi connectivity index (χ1n) is 7.33. The second-order valence-corrected chi connectivity index (χ2v) is 7.07. The van der Waals surface area contributed by atoms with Gasteiger partial charge in [0.05, 0.1) is 5.25 Å². The summed E-state index contributed by atoms with van der Waals surface area (Å²) in [6.07, 6.45) is 8.25. The number of nitrogens with one attached hydrogen (secondary N) is 1. The van der Waals surface area contributed by atoms with Crippen LogP contribution in [0, 0.1) is 0 Å². The van der Waals surface area contributed by atoms with E-state index in [1.807, 2.05) is 13.2 Å². The first-order valence-corrected chi connectivity index (χ1v) is 8.62. The minimum absolute atomic E-state index is 0.0534. The summed E-state index contributed by atoms with van der Waals surface area (Å²) in [4.78, 5) is 16.8. The molecule has 20 heavy (non-hydrogen) atoms. The summed E-state index contributed by atoms with van der Waals surface area (Å²) < 4.78 is 5.38. The minimum Gasteiger partial charge on any atom is -0.342 e. The van der Waals surface area contributed by atoms with Crippen LogP contribution in [0.3, 0.4) is 0 Å². The molecule has 1 N–H and O–H groups in total. The van der Waals surface area contributed by atoms with E-state index in [0.29, 0.717) is 11.7 Å². The molecule has 5 nitrogen and oxygen atoms in total. The van der Waals surface area contributed by atoms with Gasteiger partial charge in [-0.15, -0.1) is 0 Å². The van der Waals surface area contributed by atoms with Crippen molar-refractivity contribution in [2.75, 3.05) is 6.26 Å². The largest absolute Gasteiger partial charge is 0.342 e. The van der Waals surface area contributed by atoms with Crippen LogP contribution in [0.5, 0.6) is 0 Å². The fourth-order valence-electron chi connectivity index (χ4n) is 2.75. The standard InChI is InChI=1S/C14H21N3O2S/c1-9(20-2)11(18)16-14(7-3-4-8-14)13-15-12(19-17-13)10-5-6-10/h9-10H,3-8H2,1-2H3,(H,16,18)/t9-/m1/s1. The fourth-order valence-corrected chi connectivity index (χ4v) is 3.03. The van der Waals surface area contributed by atoms with Crippen LogP contribution < -0.4 is 5.32 Å². The zero-order valence-corrected chi connectivity index (χ0v) is 12.8. The maximum Gasteiger partial charge on any atom is 0.233 e. The average Bonchev–Trinajstić information content (AvgIpc) is 3.00. The molecule has 0 spiro atoms. The maximum atomic E-state index is 12.2. The van der Waals surface area contributed by atoms with E-state index >= 15 is 0 Å². The summed E-state index contributed by atoms with van der Waals surface area (Å²) in [6, 6.07) is 0. The van der Waals surface area contributed by atoms with E-state index in [1.54, 1.807) is 11.8 Å². The molecule has 1 aromatic rings. The highest BCUT2D eigenvalue weighted by molar-refractivity contribution is 7.99. The molecule has 3 rings (SSSR count). The predicted molar refractivity (Wildman–Crippen MR) is 77.5 cm³/mol. The van der Waals surface area contributed by atoms with Crippen LogP contribution in [0.25, 0.3) is 0 Å². The van der Waals surface area contributed by atoms with Gasteiger partial charge in [-0.05, 0) is 38.9 Å². The van der Waals surface area contributed by atoms with Crippen LogP contribution in [0.1, 0.15) is 63.1 Å². The van der Waals surface area contributed by atoms with Gasteiger partial charge in [0.15, 0.2) is 5.82 Å². The van der Waals surface area contributed by atoms with E-state index in [0.717, 1.165) is 44.4 Å². The Morgan fingerprint density at radius 2 is 2.15 bits per heavy atom. The Bertz CT molecular complexity index is 492. The van der Waals surface area contributed by atoms with Crippen LogP contribution in [-0.2, 0) is 10.3 Å². The van der Waals surface area contributed by atoms with Crippen LogP contribution in [0.2, 0.25) is 0 Å². The molecule has 2 aliphatic carbocycles. The maximum absolute atomic E-state index is 12.2. The van der Waals surface area contributed by atoms with Crippen molar-refractivity contribution in [1.29, 1.82) is 0 Å². The molecule has 0 radical (unpaired) electrons. The zero-order chi connectivity index (χ0) is 14.2. The highest BCUT2D eigenvalue weighted by Crippen LogP contribution is 2.42. The van der Waals surface area contributed by atoms with E-state index in [-0.39, 0.29) is 11.2 Å². The highest BCUT2D eigenvalue weighted by Gasteiger charge is 2.43. The van der Waals surface area contributed by atoms with Gasteiger partial charge < -0.3 is 9.84 Å². The van der Waals surface area contributed by atoms with Crippen LogP contribution >= 0.6 is 11.8 Å². The lowest BCUT2D eigenvalue weighted by Gasteiger charge is -2.28. The summed E-state index contributed by atoms with van der Waals surface area (Å²) >= 11 is 1.55. The molecule has 0 saturated heterocycles. The third-order valence-corrected chi connectivity index (χ3v) is 5.26. The van der Waals surface area contributed by atoms with E-state index < -0.39 is 5.54 Å². The lowest BCUT2D eigenvalue weighted by molar-refractivity contribution is -0.122. The summed E-state index contributed by atoms with van der Waals surface area (Å²) in [5, 5.41) is 7.30. The Kier molecular flexibility index (Phi) is 3.75. The number of carbonyl (C=O) groups is 1. The average molecular weight is 295 g/mol. The number of carbonyl (C=O) groups excluding carboxylic acids is 1. The van der Waals surface area contributed by atoms with Crippen molar-refractivity contribution in [2.24, 2.45) is 0 Å². The Morgan fingerprint density at radius 1 is 1.45 bits per heavy atom. The van der Waals surface area contributed by atoms with Crippen LogP contribution in [0.15, 0.2) is 4.52 Å². The first kappa shape index (κ1) is 13.9. The van der Waals surface area contributed by atoms with Gasteiger partial charge in [0.1, 0.15) is 5.54 Å². The minimum atomic E-state index is -0.405. The van der Waals surface area contributed by atoms with Gasteiger partial charge in [-0.2, -0.15) is 16.7 Å². The molecule has 1 atom stereocenters. The summed E-state index contributed by atoms with van der Waals surface area (Å²) in [7, 11) is 0. The molecule has 6 heteroatoms. The number of thioether (sulfide) groups is 1. The van der Waals surface area contributed by atoms with Crippen molar-refractivity contribution in [2.45, 2.75) is 62.2 Å². The van der Waals surface area contributed by atoms with Gasteiger partial charge in [0.25, 0.3) is 0 Å². The van der Waals surface area contributed by atoms with Gasteiger partial charge >= 0.3 is 0 Å². The fraction of sp³-hybridized carbons (Fsp3) is 0.786. The lowest BCUT2D eigenvalue weighted by atomic mass is 9.96. The van der Waals surface area contributed by atoms with Crippen molar-refractivity contribution >= 4 is 17.7 Å². The van der Waals surface area contributed by atoms with E-state index in [9.17, 15) is 4.79 Å². The number of hydrogen-bond donors (Lipinski definition) is 1. The molecule has 1 amide bonds. The van der Waals surface area contributed by atoms with E-state index in [4.69, 9.17) is 4.52 Å². The summed E-state index contributed by atoms with van der Waals surface area (Å²) in [5.41, 5.74) is -0.405. The molecule has 0 aliphatic heterocycles. The molecule has 2 fully saturated rings. The van der Waals surface area contributed by atoms with Gasteiger partial charge in [-0.25, -0.2) is 0 Å². The predicted octanol–water partition coefficient (Wildman–Crippen LogP) is 2.58. The Hall–Kier alpha value is -1.04. The van der Waals surface area contributed by atoms with Crippen LogP contribution in [0.4, 0.5) is 0 Å². The molecule has 0 unspecified atom stereocenters. The normalized spacial score (nSPS) is 22.7. The second-order valence-electron chi connectivity index (χ2n) is 5.89. The van der Waals surface area contributed by atoms with Gasteiger partial charge in [0, 0.05) is 5.92 Å². The summed E-state index contributed by atoms with van der Waals surface area (Å²) in [5.74, 6) is 1.95. The topological polar surface area (TPSA) is 68.0 Å². The SMILES string of the molecule is CS[C@H](C)C(=O)NC1(c2noc(C3CC3)n2)CCCC1. The van der Waals surface area contributed by atoms with Gasteiger partial charge in [-0.1, -0.05) is 18.0 Å². The molecule has 1 heterocycles. The first-order chi connectivity index (χ1) is 9.64. The Labute approximate surface area is 123 Å². The molecule has 110 valence electrons. The van der Waals surface area contributed by atoms with Gasteiger partial charge in [0.2, 0.25) is 11.8 Å². The third kappa shape index (κ3) is 2.57. The smallest absolute Gasteiger partial charge is 0.233 e. The molecule has 0 bridgehead atoms. The second kappa shape index (κ2) is 5.39. The molecule has 0 aromatic carbocycles. The zero-order valence-electron chi connectivity index (χ0n) is 12.0. The number of aromatic nitrogens is 2. The van der Waals surface area contributed by atoms with Crippen molar-refractivity contribution < 1.29 is 9.32 Å². The van der Waals surface area contributed by atoms with E-state index in [1.165, 1.54) is 0 Å². The Balaban J connectivity index is 1.80. The van der Waals surface area contributed by atoms with Gasteiger partial charge in [-0.3, -0.25) is 4.79 Å². The monoisotopic (exact) mass is 295 g/mol. The molecule has 2 aliphatic rings. The van der Waals surface area contributed by atoms with Crippen molar-refractivity contribution in [3.63, 3.8) is 0 Å². The lowest BCUT2D eigenvalue weighted by Crippen LogP contribution is -2.47. The van der Waals surface area contributed by atoms with E-state index in [2.05, 4.69) is 15.5 Å². The number of hydrogen-bond acceptors (Lipinski definition) is 5. The van der Waals surface area contributed by atoms with Crippen molar-refractivity contribution in [3.8, 4) is 0 Å².